The summed E-state index contributed by atoms with van der Waals surface area (Å²) in [5.41, 5.74) is 6.12. The number of aromatic amines is 1. The third kappa shape index (κ3) is 2.15. The molecule has 6 nitrogen and oxygen atoms in total. The van der Waals surface area contributed by atoms with E-state index in [0.717, 1.165) is 0 Å². The summed E-state index contributed by atoms with van der Waals surface area (Å²) in [4.78, 5) is 22.0. The quantitative estimate of drug-likeness (QED) is 0.659. The molecule has 2 aromatic rings. The van der Waals surface area contributed by atoms with Gasteiger partial charge in [0.25, 0.3) is 5.56 Å². The molecule has 0 aliphatic carbocycles. The standard InChI is InChI=1S/C11H9N3O3/c12-7-3-1-6(2-4-7)9-5-8(11(16)17)10(15)14-13-9/h1-5H,12H2,(H,14,15)(H,16,17). The molecule has 0 saturated carbocycles. The second-order valence-corrected chi connectivity index (χ2v) is 3.42. The average molecular weight is 231 g/mol. The highest BCUT2D eigenvalue weighted by molar-refractivity contribution is 5.88. The lowest BCUT2D eigenvalue weighted by molar-refractivity contribution is 0.0694. The fourth-order valence-electron chi connectivity index (χ4n) is 1.37. The molecule has 0 spiro atoms. The Morgan fingerprint density at radius 2 is 1.94 bits per heavy atom. The Labute approximate surface area is 95.7 Å². The van der Waals surface area contributed by atoms with Crippen LogP contribution in [0, 0.1) is 0 Å². The molecule has 1 aromatic heterocycles. The number of carbonyl (C=O) groups is 1. The Balaban J connectivity index is 2.53. The van der Waals surface area contributed by atoms with E-state index in [1.807, 2.05) is 0 Å². The first-order valence-electron chi connectivity index (χ1n) is 4.77. The number of carboxylic acid groups (broad SMARTS) is 1. The van der Waals surface area contributed by atoms with Crippen LogP contribution in [-0.2, 0) is 0 Å². The monoisotopic (exact) mass is 231 g/mol. The molecule has 0 bridgehead atoms. The van der Waals surface area contributed by atoms with Crippen LogP contribution in [0.2, 0.25) is 0 Å². The molecule has 0 atom stereocenters. The highest BCUT2D eigenvalue weighted by Gasteiger charge is 2.11. The van der Waals surface area contributed by atoms with Crippen LogP contribution < -0.4 is 11.3 Å². The van der Waals surface area contributed by atoms with Crippen molar-refractivity contribution in [1.29, 1.82) is 0 Å². The minimum atomic E-state index is -1.29. The summed E-state index contributed by atoms with van der Waals surface area (Å²) in [7, 11) is 0. The summed E-state index contributed by atoms with van der Waals surface area (Å²) >= 11 is 0. The van der Waals surface area contributed by atoms with Crippen molar-refractivity contribution < 1.29 is 9.90 Å². The van der Waals surface area contributed by atoms with Crippen molar-refractivity contribution in [1.82, 2.24) is 10.2 Å². The number of nitrogens with two attached hydrogens (primary N) is 1. The molecule has 2 rings (SSSR count). The Morgan fingerprint density at radius 3 is 2.53 bits per heavy atom. The second-order valence-electron chi connectivity index (χ2n) is 3.42. The van der Waals surface area contributed by atoms with Crippen molar-refractivity contribution in [2.24, 2.45) is 0 Å². The molecule has 1 aromatic carbocycles. The Kier molecular flexibility index (Phi) is 2.61. The van der Waals surface area contributed by atoms with Crippen molar-refractivity contribution in [3.8, 4) is 11.3 Å². The van der Waals surface area contributed by atoms with E-state index in [1.54, 1.807) is 24.3 Å². The first kappa shape index (κ1) is 10.9. The first-order valence-corrected chi connectivity index (χ1v) is 4.77. The lowest BCUT2D eigenvalue weighted by Crippen LogP contribution is -2.18. The van der Waals surface area contributed by atoms with Crippen LogP contribution in [0.4, 0.5) is 5.69 Å². The molecular weight excluding hydrogens is 222 g/mol. The van der Waals surface area contributed by atoms with Gasteiger partial charge in [-0.15, -0.1) is 0 Å². The number of aromatic nitrogens is 2. The zero-order chi connectivity index (χ0) is 12.4. The highest BCUT2D eigenvalue weighted by atomic mass is 16.4. The smallest absolute Gasteiger partial charge is 0.341 e. The molecule has 0 saturated heterocycles. The van der Waals surface area contributed by atoms with Crippen molar-refractivity contribution in [2.45, 2.75) is 0 Å². The molecule has 4 N–H and O–H groups in total. The topological polar surface area (TPSA) is 109 Å². The Bertz CT molecular complexity index is 617. The Hall–Kier alpha value is -2.63. The largest absolute Gasteiger partial charge is 0.477 e. The average Bonchev–Trinajstić information content (AvgIpc) is 2.30. The van der Waals surface area contributed by atoms with Crippen LogP contribution in [0.1, 0.15) is 10.4 Å². The van der Waals surface area contributed by atoms with E-state index in [-0.39, 0.29) is 5.56 Å². The molecule has 86 valence electrons. The van der Waals surface area contributed by atoms with Gasteiger partial charge in [-0.25, -0.2) is 9.89 Å². The predicted octanol–water partition coefficient (Wildman–Crippen LogP) is 0.717. The van der Waals surface area contributed by atoms with Gasteiger partial charge in [-0.2, -0.15) is 5.10 Å². The molecule has 17 heavy (non-hydrogen) atoms. The van der Waals surface area contributed by atoms with E-state index < -0.39 is 11.5 Å². The van der Waals surface area contributed by atoms with Crippen LogP contribution in [0.5, 0.6) is 0 Å². The van der Waals surface area contributed by atoms with Gasteiger partial charge in [0.05, 0.1) is 5.69 Å². The van der Waals surface area contributed by atoms with E-state index >= 15 is 0 Å². The van der Waals surface area contributed by atoms with Crippen LogP contribution in [0.3, 0.4) is 0 Å². The van der Waals surface area contributed by atoms with E-state index in [9.17, 15) is 9.59 Å². The maximum atomic E-state index is 11.2. The van der Waals surface area contributed by atoms with Crippen molar-refractivity contribution in [2.75, 3.05) is 5.73 Å². The number of benzene rings is 1. The zero-order valence-electron chi connectivity index (χ0n) is 8.68. The summed E-state index contributed by atoms with van der Waals surface area (Å²) in [5.74, 6) is -1.29. The fourth-order valence-corrected chi connectivity index (χ4v) is 1.37. The maximum absolute atomic E-state index is 11.2. The predicted molar refractivity (Wildman–Crippen MR) is 61.7 cm³/mol. The number of hydrogen-bond acceptors (Lipinski definition) is 4. The van der Waals surface area contributed by atoms with E-state index in [4.69, 9.17) is 10.8 Å². The van der Waals surface area contributed by atoms with E-state index in [2.05, 4.69) is 10.2 Å². The van der Waals surface area contributed by atoms with Crippen LogP contribution in [0.15, 0.2) is 35.1 Å². The van der Waals surface area contributed by atoms with Crippen LogP contribution in [0.25, 0.3) is 11.3 Å². The van der Waals surface area contributed by atoms with Crippen LogP contribution in [-0.4, -0.2) is 21.3 Å². The summed E-state index contributed by atoms with van der Waals surface area (Å²) < 4.78 is 0. The summed E-state index contributed by atoms with van der Waals surface area (Å²) in [5, 5.41) is 14.7. The van der Waals surface area contributed by atoms with Gasteiger partial charge < -0.3 is 10.8 Å². The SMILES string of the molecule is Nc1ccc(-c2cc(C(=O)O)c(=O)[nH]n2)cc1. The highest BCUT2D eigenvalue weighted by Crippen LogP contribution is 2.17. The summed E-state index contributed by atoms with van der Waals surface area (Å²) in [6, 6.07) is 7.96. The van der Waals surface area contributed by atoms with Gasteiger partial charge in [-0.05, 0) is 18.2 Å². The molecule has 0 unspecified atom stereocenters. The number of nitrogens with zero attached hydrogens (tertiary/aromatic N) is 1. The van der Waals surface area contributed by atoms with Gasteiger partial charge >= 0.3 is 5.97 Å². The third-order valence-corrected chi connectivity index (χ3v) is 2.24. The molecule has 0 aliphatic heterocycles. The van der Waals surface area contributed by atoms with Crippen molar-refractivity contribution in [3.63, 3.8) is 0 Å². The van der Waals surface area contributed by atoms with Crippen molar-refractivity contribution in [3.05, 3.63) is 46.2 Å². The lowest BCUT2D eigenvalue weighted by atomic mass is 10.1. The summed E-state index contributed by atoms with van der Waals surface area (Å²) in [6.07, 6.45) is 0. The molecule has 0 aliphatic rings. The zero-order valence-corrected chi connectivity index (χ0v) is 8.68. The molecule has 0 fully saturated rings. The number of hydrogen-bond donors (Lipinski definition) is 3. The number of rotatable bonds is 2. The molecule has 6 heteroatoms. The number of nitrogens with one attached hydrogen (secondary N) is 1. The number of anilines is 1. The van der Waals surface area contributed by atoms with E-state index in [1.165, 1.54) is 6.07 Å². The molecule has 0 radical (unpaired) electrons. The van der Waals surface area contributed by atoms with E-state index in [0.29, 0.717) is 16.9 Å². The van der Waals surface area contributed by atoms with Gasteiger partial charge in [0, 0.05) is 11.3 Å². The number of carboxylic acids is 1. The minimum absolute atomic E-state index is 0.341. The van der Waals surface area contributed by atoms with Crippen LogP contribution >= 0.6 is 0 Å². The summed E-state index contributed by atoms with van der Waals surface area (Å²) in [6.45, 7) is 0. The number of aromatic carboxylic acids is 1. The van der Waals surface area contributed by atoms with Gasteiger partial charge in [-0.1, -0.05) is 12.1 Å². The first-order chi connectivity index (χ1) is 8.08. The number of H-pyrrole nitrogens is 1. The van der Waals surface area contributed by atoms with Gasteiger partial charge in [0.2, 0.25) is 0 Å². The Morgan fingerprint density at radius 1 is 1.29 bits per heavy atom. The van der Waals surface area contributed by atoms with Gasteiger partial charge in [0.1, 0.15) is 5.56 Å². The minimum Gasteiger partial charge on any atom is -0.477 e. The third-order valence-electron chi connectivity index (χ3n) is 2.24. The van der Waals surface area contributed by atoms with Gasteiger partial charge in [0.15, 0.2) is 0 Å². The molecule has 1 heterocycles. The second kappa shape index (κ2) is 4.09. The number of nitrogen functional groups attached to an aromatic ring is 1. The molecular formula is C11H9N3O3. The molecule has 0 amide bonds. The van der Waals surface area contributed by atoms with Gasteiger partial charge in [-0.3, -0.25) is 4.79 Å². The fraction of sp³-hybridized carbons (Fsp3) is 0. The lowest BCUT2D eigenvalue weighted by Gasteiger charge is -2.01. The van der Waals surface area contributed by atoms with Crippen molar-refractivity contribution >= 4 is 11.7 Å². The normalized spacial score (nSPS) is 10.1. The maximum Gasteiger partial charge on any atom is 0.341 e.